The molecule has 3 aromatic rings. The van der Waals surface area contributed by atoms with Crippen LogP contribution >= 0.6 is 23.2 Å². The van der Waals surface area contributed by atoms with E-state index in [1.54, 1.807) is 4.68 Å². The quantitative estimate of drug-likeness (QED) is 0.328. The Hall–Kier alpha value is -3.33. The number of halogens is 5. The van der Waals surface area contributed by atoms with Crippen molar-refractivity contribution < 1.29 is 32.3 Å². The molecule has 2 aromatic heterocycles. The lowest BCUT2D eigenvalue weighted by Crippen LogP contribution is -2.29. The van der Waals surface area contributed by atoms with Crippen LogP contribution in [0.1, 0.15) is 51.1 Å². The van der Waals surface area contributed by atoms with Gasteiger partial charge in [-0.2, -0.15) is 28.2 Å². The average molecular weight is 616 g/mol. The van der Waals surface area contributed by atoms with Crippen LogP contribution in [-0.4, -0.2) is 58.5 Å². The van der Waals surface area contributed by atoms with Crippen LogP contribution < -0.4 is 15.4 Å². The van der Waals surface area contributed by atoms with Crippen molar-refractivity contribution in [1.29, 1.82) is 0 Å². The average Bonchev–Trinajstić information content (AvgIpc) is 3.09. The fraction of sp³-hybridized carbons (Fsp3) is 0.440. The molecule has 0 spiro atoms. The zero-order valence-corrected chi connectivity index (χ0v) is 23.8. The summed E-state index contributed by atoms with van der Waals surface area (Å²) in [6.45, 7) is 1.21. The van der Waals surface area contributed by atoms with Crippen LogP contribution in [0.25, 0.3) is 0 Å². The molecule has 1 aromatic carbocycles. The molecule has 1 amide bonds. The Labute approximate surface area is 242 Å². The predicted molar refractivity (Wildman–Crippen MR) is 143 cm³/mol. The van der Waals surface area contributed by atoms with E-state index < -0.39 is 28.8 Å². The van der Waals surface area contributed by atoms with Crippen LogP contribution in [0, 0.1) is 0 Å². The van der Waals surface area contributed by atoms with E-state index in [1.165, 1.54) is 27.3 Å². The smallest absolute Gasteiger partial charge is 0.418 e. The first-order chi connectivity index (χ1) is 19.4. The van der Waals surface area contributed by atoms with Gasteiger partial charge in [0.15, 0.2) is 5.69 Å². The van der Waals surface area contributed by atoms with Gasteiger partial charge in [-0.1, -0.05) is 23.2 Å². The van der Waals surface area contributed by atoms with Crippen molar-refractivity contribution in [1.82, 2.24) is 24.8 Å². The van der Waals surface area contributed by atoms with E-state index >= 15 is 0 Å². The minimum Gasteiger partial charge on any atom is -0.467 e. The number of aromatic nitrogens is 4. The molecule has 0 bridgehead atoms. The lowest BCUT2D eigenvalue weighted by atomic mass is 9.94. The maximum absolute atomic E-state index is 13.9. The van der Waals surface area contributed by atoms with Gasteiger partial charge in [-0.25, -0.2) is 5.06 Å². The van der Waals surface area contributed by atoms with E-state index in [0.717, 1.165) is 11.1 Å². The molecule has 1 atom stereocenters. The van der Waals surface area contributed by atoms with Crippen LogP contribution in [0.3, 0.4) is 0 Å². The van der Waals surface area contributed by atoms with Gasteiger partial charge in [-0.05, 0) is 24.1 Å². The molecule has 2 aliphatic heterocycles. The van der Waals surface area contributed by atoms with Crippen molar-refractivity contribution in [2.24, 2.45) is 0 Å². The molecule has 0 saturated carbocycles. The number of alkyl halides is 3. The van der Waals surface area contributed by atoms with Gasteiger partial charge < -0.3 is 20.1 Å². The van der Waals surface area contributed by atoms with E-state index in [-0.39, 0.29) is 47.6 Å². The fourth-order valence-electron chi connectivity index (χ4n) is 5.02. The second kappa shape index (κ2) is 11.2. The van der Waals surface area contributed by atoms with Crippen molar-refractivity contribution in [3.8, 4) is 6.01 Å². The molecule has 41 heavy (non-hydrogen) atoms. The summed E-state index contributed by atoms with van der Waals surface area (Å²) < 4.78 is 54.8. The first-order valence-electron chi connectivity index (χ1n) is 12.5. The standard InChI is InChI=1S/C25H26Cl2F3N7O4/c1-35(40-3)23(38)21-20(27)17-10-36(5-4-6-37(17)34-21)22-14-11-41-18(9-16(14)32-24(33-22)39-2)13-7-12(31)8-15(26)19(13)25(28,29)30/h7-8,18H,4-6,9-11,31H2,1-3H3. The number of fused-ring (bicyclic) bond motifs is 2. The number of nitrogens with two attached hydrogens (primary N) is 1. The molecule has 16 heteroatoms. The first kappa shape index (κ1) is 29.2. The molecule has 0 saturated heterocycles. The Kier molecular flexibility index (Phi) is 7.94. The van der Waals surface area contributed by atoms with Crippen molar-refractivity contribution in [2.75, 3.05) is 38.4 Å². The Bertz CT molecular complexity index is 1500. The van der Waals surface area contributed by atoms with Gasteiger partial charge in [0.1, 0.15) is 5.82 Å². The monoisotopic (exact) mass is 615 g/mol. The summed E-state index contributed by atoms with van der Waals surface area (Å²) in [6.07, 6.45) is -5.09. The van der Waals surface area contributed by atoms with Gasteiger partial charge in [0, 0.05) is 37.8 Å². The molecule has 0 fully saturated rings. The van der Waals surface area contributed by atoms with Gasteiger partial charge in [0.25, 0.3) is 5.91 Å². The van der Waals surface area contributed by atoms with Crippen molar-refractivity contribution >= 4 is 40.6 Å². The van der Waals surface area contributed by atoms with Gasteiger partial charge >= 0.3 is 12.2 Å². The molecule has 2 aliphatic rings. The lowest BCUT2D eigenvalue weighted by molar-refractivity contribution is -0.139. The predicted octanol–water partition coefficient (Wildman–Crippen LogP) is 4.45. The summed E-state index contributed by atoms with van der Waals surface area (Å²) in [6, 6.07) is 2.33. The summed E-state index contributed by atoms with van der Waals surface area (Å²) in [7, 11) is 4.22. The zero-order chi connectivity index (χ0) is 29.6. The second-order valence-corrected chi connectivity index (χ2v) is 10.3. The minimum atomic E-state index is -4.72. The molecular weight excluding hydrogens is 590 g/mol. The second-order valence-electron chi connectivity index (χ2n) is 9.52. The van der Waals surface area contributed by atoms with Crippen LogP contribution in [0.15, 0.2) is 12.1 Å². The molecule has 2 N–H and O–H groups in total. The van der Waals surface area contributed by atoms with Crippen LogP contribution in [0.2, 0.25) is 10.0 Å². The maximum Gasteiger partial charge on any atom is 0.418 e. The van der Waals surface area contributed by atoms with Gasteiger partial charge in [-0.3, -0.25) is 14.3 Å². The fourth-order valence-corrected chi connectivity index (χ4v) is 5.64. The Balaban J connectivity index is 1.51. The number of carbonyl (C=O) groups is 1. The highest BCUT2D eigenvalue weighted by atomic mass is 35.5. The van der Waals surface area contributed by atoms with Gasteiger partial charge in [0.2, 0.25) is 0 Å². The number of aryl methyl sites for hydroxylation is 1. The number of anilines is 2. The van der Waals surface area contributed by atoms with Gasteiger partial charge in [-0.15, -0.1) is 0 Å². The van der Waals surface area contributed by atoms with E-state index in [1.807, 2.05) is 4.90 Å². The molecule has 0 radical (unpaired) electrons. The van der Waals surface area contributed by atoms with E-state index in [2.05, 4.69) is 15.1 Å². The molecule has 0 aliphatic carbocycles. The van der Waals surface area contributed by atoms with E-state index in [4.69, 9.17) is 43.2 Å². The number of rotatable bonds is 5. The van der Waals surface area contributed by atoms with Crippen LogP contribution in [-0.2, 0) is 41.9 Å². The molecule has 11 nitrogen and oxygen atoms in total. The molecule has 5 rings (SSSR count). The Morgan fingerprint density at radius 3 is 2.66 bits per heavy atom. The largest absolute Gasteiger partial charge is 0.467 e. The highest BCUT2D eigenvalue weighted by Crippen LogP contribution is 2.44. The van der Waals surface area contributed by atoms with Crippen molar-refractivity contribution in [3.05, 3.63) is 56.0 Å². The number of methoxy groups -OCH3 is 1. The third kappa shape index (κ3) is 5.48. The minimum absolute atomic E-state index is 0.00138. The Morgan fingerprint density at radius 1 is 1.22 bits per heavy atom. The SMILES string of the molecule is COc1nc2c(c(N3CCCn4nc(C(=O)N(C)OC)c(Cl)c4C3)n1)COC(c1cc(N)cc(Cl)c1C(F)(F)F)C2. The zero-order valence-electron chi connectivity index (χ0n) is 22.3. The van der Waals surface area contributed by atoms with Crippen molar-refractivity contribution in [2.45, 2.75) is 44.8 Å². The normalized spacial score (nSPS) is 17.1. The lowest BCUT2D eigenvalue weighted by Gasteiger charge is -2.31. The number of carbonyl (C=O) groups excluding carboxylic acids is 1. The van der Waals surface area contributed by atoms with E-state index in [9.17, 15) is 18.0 Å². The summed E-state index contributed by atoms with van der Waals surface area (Å²) in [5.41, 5.74) is 6.49. The van der Waals surface area contributed by atoms with E-state index in [0.29, 0.717) is 42.3 Å². The number of hydrogen-bond donors (Lipinski definition) is 1. The summed E-state index contributed by atoms with van der Waals surface area (Å²) in [5, 5.41) is 5.12. The molecule has 1 unspecified atom stereocenters. The molecular formula is C25H26Cl2F3N7O4. The summed E-state index contributed by atoms with van der Waals surface area (Å²) in [5.74, 6) is -0.00964. The molecule has 4 heterocycles. The number of amides is 1. The third-order valence-corrected chi connectivity index (χ3v) is 7.70. The number of hydrogen-bond acceptors (Lipinski definition) is 9. The Morgan fingerprint density at radius 2 is 1.98 bits per heavy atom. The number of ether oxygens (including phenoxy) is 2. The summed E-state index contributed by atoms with van der Waals surface area (Å²) >= 11 is 12.6. The number of hydroxylamine groups is 2. The van der Waals surface area contributed by atoms with Gasteiger partial charge in [0.05, 0.1) is 60.5 Å². The molecule has 220 valence electrons. The van der Waals surface area contributed by atoms with Crippen LogP contribution in [0.4, 0.5) is 24.7 Å². The number of nitrogens with zero attached hydrogens (tertiary/aromatic N) is 6. The highest BCUT2D eigenvalue weighted by molar-refractivity contribution is 6.34. The number of benzene rings is 1. The first-order valence-corrected chi connectivity index (χ1v) is 13.2. The highest BCUT2D eigenvalue weighted by Gasteiger charge is 2.40. The van der Waals surface area contributed by atoms with Crippen molar-refractivity contribution in [3.63, 3.8) is 0 Å². The topological polar surface area (TPSA) is 121 Å². The third-order valence-electron chi connectivity index (χ3n) is 7.01. The number of nitrogen functional groups attached to an aromatic ring is 1. The maximum atomic E-state index is 13.9. The summed E-state index contributed by atoms with van der Waals surface area (Å²) in [4.78, 5) is 28.6. The van der Waals surface area contributed by atoms with Crippen LogP contribution in [0.5, 0.6) is 6.01 Å².